The Hall–Kier alpha value is -1.40. The number of hydrogen-bond acceptors (Lipinski definition) is 2. The highest BCUT2D eigenvalue weighted by molar-refractivity contribution is 5.37. The van der Waals surface area contributed by atoms with E-state index in [4.69, 9.17) is 5.26 Å². The molecule has 1 heterocycles. The van der Waals surface area contributed by atoms with Crippen molar-refractivity contribution < 1.29 is 4.39 Å². The Kier molecular flexibility index (Phi) is 2.47. The molecule has 1 atom stereocenters. The summed E-state index contributed by atoms with van der Waals surface area (Å²) in [7, 11) is 0. The summed E-state index contributed by atoms with van der Waals surface area (Å²) in [5, 5.41) is 11.9. The van der Waals surface area contributed by atoms with Crippen molar-refractivity contribution >= 4 is 0 Å². The molecule has 0 bridgehead atoms. The quantitative estimate of drug-likeness (QED) is 0.732. The van der Waals surface area contributed by atoms with Crippen molar-refractivity contribution in [3.05, 3.63) is 35.1 Å². The van der Waals surface area contributed by atoms with E-state index < -0.39 is 0 Å². The summed E-state index contributed by atoms with van der Waals surface area (Å²) >= 11 is 0. The molecule has 0 spiro atoms. The van der Waals surface area contributed by atoms with Gasteiger partial charge < -0.3 is 5.32 Å². The molecule has 1 aromatic carbocycles. The van der Waals surface area contributed by atoms with Gasteiger partial charge in [0.2, 0.25) is 0 Å². The lowest BCUT2D eigenvalue weighted by atomic mass is 9.96. The largest absolute Gasteiger partial charge is 0.316 e. The number of nitriles is 1. The molecule has 1 fully saturated rings. The van der Waals surface area contributed by atoms with Crippen LogP contribution in [0.3, 0.4) is 0 Å². The molecule has 0 unspecified atom stereocenters. The van der Waals surface area contributed by atoms with Crippen LogP contribution in [0.4, 0.5) is 4.39 Å². The Morgan fingerprint density at radius 1 is 1.50 bits per heavy atom. The van der Waals surface area contributed by atoms with Crippen LogP contribution < -0.4 is 5.32 Å². The van der Waals surface area contributed by atoms with Gasteiger partial charge in [-0.3, -0.25) is 0 Å². The summed E-state index contributed by atoms with van der Waals surface area (Å²) in [6.07, 6.45) is 0.950. The van der Waals surface area contributed by atoms with Gasteiger partial charge in [-0.05, 0) is 24.6 Å². The maximum Gasteiger partial charge on any atom is 0.144 e. The molecule has 0 aliphatic carbocycles. The predicted octanol–water partition coefficient (Wildman–Crippen LogP) is 1.77. The van der Waals surface area contributed by atoms with Crippen LogP contribution in [0.2, 0.25) is 0 Å². The monoisotopic (exact) mass is 190 g/mol. The summed E-state index contributed by atoms with van der Waals surface area (Å²) in [6.45, 7) is 1.74. The van der Waals surface area contributed by atoms with Crippen LogP contribution in [0, 0.1) is 17.1 Å². The van der Waals surface area contributed by atoms with Crippen LogP contribution in [0.5, 0.6) is 0 Å². The third kappa shape index (κ3) is 1.49. The van der Waals surface area contributed by atoms with Crippen LogP contribution >= 0.6 is 0 Å². The Balaban J connectivity index is 2.38. The summed E-state index contributed by atoms with van der Waals surface area (Å²) < 4.78 is 13.7. The fraction of sp³-hybridized carbons (Fsp3) is 0.364. The van der Waals surface area contributed by atoms with Crippen molar-refractivity contribution in [3.63, 3.8) is 0 Å². The zero-order valence-corrected chi connectivity index (χ0v) is 7.76. The zero-order chi connectivity index (χ0) is 9.97. The van der Waals surface area contributed by atoms with Gasteiger partial charge in [0.1, 0.15) is 11.9 Å². The molecule has 1 saturated heterocycles. The van der Waals surface area contributed by atoms with E-state index in [0.717, 1.165) is 19.5 Å². The summed E-state index contributed by atoms with van der Waals surface area (Å²) in [5.41, 5.74) is 0.823. The van der Waals surface area contributed by atoms with Crippen LogP contribution in [0.1, 0.15) is 23.5 Å². The van der Waals surface area contributed by atoms with Gasteiger partial charge in [-0.2, -0.15) is 5.26 Å². The van der Waals surface area contributed by atoms with Crippen LogP contribution in [0.25, 0.3) is 0 Å². The lowest BCUT2D eigenvalue weighted by Crippen LogP contribution is -2.09. The molecule has 0 radical (unpaired) electrons. The van der Waals surface area contributed by atoms with Gasteiger partial charge in [0.25, 0.3) is 0 Å². The molecular formula is C11H11FN2. The Labute approximate surface area is 82.4 Å². The summed E-state index contributed by atoms with van der Waals surface area (Å²) in [4.78, 5) is 0. The highest BCUT2D eigenvalue weighted by Gasteiger charge is 2.20. The topological polar surface area (TPSA) is 35.8 Å². The second-order valence-electron chi connectivity index (χ2n) is 3.51. The Morgan fingerprint density at radius 2 is 2.36 bits per heavy atom. The van der Waals surface area contributed by atoms with Crippen molar-refractivity contribution in [1.29, 1.82) is 5.26 Å². The van der Waals surface area contributed by atoms with E-state index in [2.05, 4.69) is 5.32 Å². The third-order valence-corrected chi connectivity index (χ3v) is 2.65. The Bertz CT molecular complexity index is 375. The first-order valence-corrected chi connectivity index (χ1v) is 4.72. The first kappa shape index (κ1) is 9.17. The highest BCUT2D eigenvalue weighted by atomic mass is 19.1. The standard InChI is InChI=1S/C11H11FN2/c12-11-8(6-13)2-1-3-10(11)9-4-5-14-7-9/h1-3,9,14H,4-5,7H2/t9-/m1/s1. The van der Waals surface area contributed by atoms with E-state index in [1.807, 2.05) is 6.07 Å². The van der Waals surface area contributed by atoms with E-state index in [0.29, 0.717) is 5.56 Å². The van der Waals surface area contributed by atoms with Gasteiger partial charge in [0, 0.05) is 12.5 Å². The Morgan fingerprint density at radius 3 is 3.00 bits per heavy atom. The first-order chi connectivity index (χ1) is 6.83. The number of nitrogens with one attached hydrogen (secondary N) is 1. The van der Waals surface area contributed by atoms with Gasteiger partial charge in [0.05, 0.1) is 5.56 Å². The lowest BCUT2D eigenvalue weighted by molar-refractivity contribution is 0.585. The molecule has 0 aromatic heterocycles. The van der Waals surface area contributed by atoms with Gasteiger partial charge in [-0.15, -0.1) is 0 Å². The van der Waals surface area contributed by atoms with Crippen molar-refractivity contribution in [2.75, 3.05) is 13.1 Å². The molecule has 1 aromatic rings. The average Bonchev–Trinajstić information content (AvgIpc) is 2.71. The number of benzene rings is 1. The fourth-order valence-electron chi connectivity index (χ4n) is 1.87. The average molecular weight is 190 g/mol. The van der Waals surface area contributed by atoms with Crippen molar-refractivity contribution in [2.45, 2.75) is 12.3 Å². The van der Waals surface area contributed by atoms with Crippen LogP contribution in [-0.2, 0) is 0 Å². The molecule has 0 saturated carbocycles. The maximum absolute atomic E-state index is 13.7. The molecule has 1 aliphatic rings. The smallest absolute Gasteiger partial charge is 0.144 e. The molecule has 2 rings (SSSR count). The molecule has 0 amide bonds. The predicted molar refractivity (Wildman–Crippen MR) is 51.3 cm³/mol. The fourth-order valence-corrected chi connectivity index (χ4v) is 1.87. The van der Waals surface area contributed by atoms with Gasteiger partial charge in [-0.25, -0.2) is 4.39 Å². The number of hydrogen-bond donors (Lipinski definition) is 1. The molecular weight excluding hydrogens is 179 g/mol. The van der Waals surface area contributed by atoms with Gasteiger partial charge >= 0.3 is 0 Å². The van der Waals surface area contributed by atoms with E-state index in [1.165, 1.54) is 6.07 Å². The molecule has 2 nitrogen and oxygen atoms in total. The number of halogens is 1. The van der Waals surface area contributed by atoms with E-state index in [1.54, 1.807) is 12.1 Å². The maximum atomic E-state index is 13.7. The summed E-state index contributed by atoms with van der Waals surface area (Å²) in [5.74, 6) is -0.119. The van der Waals surface area contributed by atoms with Crippen molar-refractivity contribution in [1.82, 2.24) is 5.32 Å². The minimum atomic E-state index is -0.344. The van der Waals surface area contributed by atoms with E-state index >= 15 is 0 Å². The molecule has 14 heavy (non-hydrogen) atoms. The lowest BCUT2D eigenvalue weighted by Gasteiger charge is -2.10. The summed E-state index contributed by atoms with van der Waals surface area (Å²) in [6, 6.07) is 6.90. The number of nitrogens with zero attached hydrogens (tertiary/aromatic N) is 1. The SMILES string of the molecule is N#Cc1cccc([C@@H]2CCNC2)c1F. The second kappa shape index (κ2) is 3.77. The van der Waals surface area contributed by atoms with Crippen molar-refractivity contribution in [2.24, 2.45) is 0 Å². The van der Waals surface area contributed by atoms with E-state index in [9.17, 15) is 4.39 Å². The third-order valence-electron chi connectivity index (χ3n) is 2.65. The minimum absolute atomic E-state index is 0.148. The van der Waals surface area contributed by atoms with Gasteiger partial charge in [-0.1, -0.05) is 12.1 Å². The highest BCUT2D eigenvalue weighted by Crippen LogP contribution is 2.26. The van der Waals surface area contributed by atoms with Crippen LogP contribution in [-0.4, -0.2) is 13.1 Å². The zero-order valence-electron chi connectivity index (χ0n) is 7.76. The molecule has 3 heteroatoms. The minimum Gasteiger partial charge on any atom is -0.316 e. The molecule has 72 valence electrons. The first-order valence-electron chi connectivity index (χ1n) is 4.72. The molecule has 1 aliphatic heterocycles. The van der Waals surface area contributed by atoms with Crippen LogP contribution in [0.15, 0.2) is 18.2 Å². The van der Waals surface area contributed by atoms with Gasteiger partial charge in [0.15, 0.2) is 0 Å². The van der Waals surface area contributed by atoms with Crippen molar-refractivity contribution in [3.8, 4) is 6.07 Å². The number of rotatable bonds is 1. The normalized spacial score (nSPS) is 20.7. The van der Waals surface area contributed by atoms with E-state index in [-0.39, 0.29) is 17.3 Å². The molecule has 1 N–H and O–H groups in total. The second-order valence-corrected chi connectivity index (χ2v) is 3.51.